The van der Waals surface area contributed by atoms with Crippen LogP contribution in [0.25, 0.3) is 5.65 Å². The number of thiophene rings is 1. The second kappa shape index (κ2) is 5.43. The molecule has 6 nitrogen and oxygen atoms in total. The molecule has 0 aromatic carbocycles. The summed E-state index contributed by atoms with van der Waals surface area (Å²) in [6.45, 7) is 0.871. The van der Waals surface area contributed by atoms with E-state index in [1.54, 1.807) is 36.5 Å². The Morgan fingerprint density at radius 1 is 1.48 bits per heavy atom. The first-order valence-electron chi connectivity index (χ1n) is 7.51. The van der Waals surface area contributed by atoms with Crippen LogP contribution in [0.2, 0.25) is 0 Å². The fourth-order valence-corrected chi connectivity index (χ4v) is 3.92. The predicted molar refractivity (Wildman–Crippen MR) is 88.9 cm³/mol. The highest BCUT2D eigenvalue weighted by atomic mass is 32.1. The molecule has 1 unspecified atom stereocenters. The predicted octanol–water partition coefficient (Wildman–Crippen LogP) is 1.73. The molecule has 3 aromatic rings. The average molecular weight is 327 g/mol. The Hall–Kier alpha value is -2.25. The molecule has 0 fully saturated rings. The molecule has 7 heteroatoms. The maximum absolute atomic E-state index is 12.1. The molecule has 4 heterocycles. The number of carbonyl (C=O) groups excluding carboxylic acids is 1. The lowest BCUT2D eigenvalue weighted by molar-refractivity contribution is 0.0828. The summed E-state index contributed by atoms with van der Waals surface area (Å²) in [6, 6.07) is 5.87. The van der Waals surface area contributed by atoms with Gasteiger partial charge in [-0.25, -0.2) is 9.50 Å². The average Bonchev–Trinajstić information content (AvgIpc) is 3.18. The number of nitrogens with one attached hydrogen (secondary N) is 1. The number of hydrogen-bond acceptors (Lipinski definition) is 5. The first-order valence-corrected chi connectivity index (χ1v) is 8.39. The Morgan fingerprint density at radius 3 is 3.17 bits per heavy atom. The summed E-state index contributed by atoms with van der Waals surface area (Å²) in [6.07, 6.45) is 2.67. The number of carbonyl (C=O) groups is 1. The van der Waals surface area contributed by atoms with E-state index in [9.17, 15) is 4.79 Å². The zero-order valence-electron chi connectivity index (χ0n) is 13.0. The van der Waals surface area contributed by atoms with Crippen molar-refractivity contribution in [1.29, 1.82) is 0 Å². The van der Waals surface area contributed by atoms with E-state index < -0.39 is 0 Å². The van der Waals surface area contributed by atoms with Crippen molar-refractivity contribution in [3.05, 3.63) is 51.6 Å². The van der Waals surface area contributed by atoms with E-state index in [0.29, 0.717) is 0 Å². The fourth-order valence-electron chi connectivity index (χ4n) is 2.97. The van der Waals surface area contributed by atoms with Gasteiger partial charge in [0.2, 0.25) is 0 Å². The standard InChI is InChI=1S/C16H17N5OS/c1-20(2)16(22)10-8-12(23-9-10)14-15-11(5-7-17-14)19-13-4-3-6-18-21(13)15/h3-4,6,8-9,14,17H,5,7H2,1-2H3. The molecule has 0 saturated carbocycles. The van der Waals surface area contributed by atoms with E-state index >= 15 is 0 Å². The number of rotatable bonds is 2. The number of aromatic nitrogens is 3. The van der Waals surface area contributed by atoms with Crippen LogP contribution in [0, 0.1) is 0 Å². The van der Waals surface area contributed by atoms with Gasteiger partial charge in [0.15, 0.2) is 5.65 Å². The third-order valence-electron chi connectivity index (χ3n) is 4.04. The molecular weight excluding hydrogens is 310 g/mol. The van der Waals surface area contributed by atoms with Gasteiger partial charge in [-0.1, -0.05) is 0 Å². The van der Waals surface area contributed by atoms with E-state index in [0.717, 1.165) is 40.4 Å². The zero-order valence-corrected chi connectivity index (χ0v) is 13.8. The van der Waals surface area contributed by atoms with Gasteiger partial charge in [0.05, 0.1) is 23.0 Å². The van der Waals surface area contributed by atoms with Crippen LogP contribution in [-0.2, 0) is 6.42 Å². The van der Waals surface area contributed by atoms with Crippen molar-refractivity contribution in [3.63, 3.8) is 0 Å². The third kappa shape index (κ3) is 2.32. The summed E-state index contributed by atoms with van der Waals surface area (Å²) in [5.74, 6) is 0.0276. The fraction of sp³-hybridized carbons (Fsp3) is 0.312. The van der Waals surface area contributed by atoms with Crippen molar-refractivity contribution in [2.45, 2.75) is 12.5 Å². The summed E-state index contributed by atoms with van der Waals surface area (Å²) in [5, 5.41) is 9.90. The molecule has 1 atom stereocenters. The molecule has 0 aliphatic carbocycles. The molecule has 1 aliphatic heterocycles. The van der Waals surface area contributed by atoms with Crippen LogP contribution < -0.4 is 5.32 Å². The Labute approximate surface area is 137 Å². The van der Waals surface area contributed by atoms with E-state index in [1.807, 2.05) is 28.1 Å². The van der Waals surface area contributed by atoms with Crippen LogP contribution in [0.1, 0.15) is 32.7 Å². The maximum atomic E-state index is 12.1. The van der Waals surface area contributed by atoms with Crippen LogP contribution in [0.15, 0.2) is 29.8 Å². The van der Waals surface area contributed by atoms with Crippen LogP contribution in [0.5, 0.6) is 0 Å². The summed E-state index contributed by atoms with van der Waals surface area (Å²) in [7, 11) is 3.54. The van der Waals surface area contributed by atoms with Gasteiger partial charge in [-0.3, -0.25) is 4.79 Å². The van der Waals surface area contributed by atoms with Crippen molar-refractivity contribution in [2.24, 2.45) is 0 Å². The molecule has 4 rings (SSSR count). The van der Waals surface area contributed by atoms with Gasteiger partial charge in [0.1, 0.15) is 0 Å². The normalized spacial score (nSPS) is 17.2. The van der Waals surface area contributed by atoms with Crippen LogP contribution >= 0.6 is 11.3 Å². The number of hydrogen-bond donors (Lipinski definition) is 1. The van der Waals surface area contributed by atoms with Gasteiger partial charge in [-0.05, 0) is 18.2 Å². The van der Waals surface area contributed by atoms with Crippen molar-refractivity contribution in [2.75, 3.05) is 20.6 Å². The highest BCUT2D eigenvalue weighted by Crippen LogP contribution is 2.32. The number of amides is 1. The second-order valence-corrected chi connectivity index (χ2v) is 6.75. The van der Waals surface area contributed by atoms with E-state index in [1.165, 1.54) is 0 Å². The maximum Gasteiger partial charge on any atom is 0.254 e. The molecule has 0 radical (unpaired) electrons. The molecule has 1 amide bonds. The molecule has 23 heavy (non-hydrogen) atoms. The van der Waals surface area contributed by atoms with Crippen molar-refractivity contribution >= 4 is 22.9 Å². The summed E-state index contributed by atoms with van der Waals surface area (Å²) < 4.78 is 1.90. The summed E-state index contributed by atoms with van der Waals surface area (Å²) in [4.78, 5) is 19.5. The third-order valence-corrected chi connectivity index (χ3v) is 5.04. The Balaban J connectivity index is 1.79. The molecule has 3 aromatic heterocycles. The molecule has 0 spiro atoms. The number of imidazole rings is 1. The van der Waals surface area contributed by atoms with Crippen molar-refractivity contribution in [1.82, 2.24) is 24.8 Å². The van der Waals surface area contributed by atoms with Crippen LogP contribution in [-0.4, -0.2) is 46.0 Å². The zero-order chi connectivity index (χ0) is 16.0. The van der Waals surface area contributed by atoms with Crippen molar-refractivity contribution in [3.8, 4) is 0 Å². The largest absolute Gasteiger partial charge is 0.345 e. The minimum atomic E-state index is 0.0253. The Bertz CT molecular complexity index is 882. The second-order valence-electron chi connectivity index (χ2n) is 5.81. The SMILES string of the molecule is CN(C)C(=O)c1csc(C2NCCc3nc4cccnn4c32)c1. The smallest absolute Gasteiger partial charge is 0.254 e. The minimum absolute atomic E-state index is 0.0253. The van der Waals surface area contributed by atoms with Gasteiger partial charge in [0, 0.05) is 43.5 Å². The molecular formula is C16H17N5OS. The Morgan fingerprint density at radius 2 is 2.35 bits per heavy atom. The molecule has 1 N–H and O–H groups in total. The van der Waals surface area contributed by atoms with Gasteiger partial charge in [-0.15, -0.1) is 11.3 Å². The first kappa shape index (κ1) is 14.3. The Kier molecular flexibility index (Phi) is 3.39. The topological polar surface area (TPSA) is 62.5 Å². The van der Waals surface area contributed by atoms with Crippen LogP contribution in [0.4, 0.5) is 0 Å². The van der Waals surface area contributed by atoms with Gasteiger partial charge in [-0.2, -0.15) is 5.10 Å². The highest BCUT2D eigenvalue weighted by Gasteiger charge is 2.28. The van der Waals surface area contributed by atoms with E-state index in [-0.39, 0.29) is 11.9 Å². The van der Waals surface area contributed by atoms with Crippen LogP contribution in [0.3, 0.4) is 0 Å². The lowest BCUT2D eigenvalue weighted by Gasteiger charge is -2.22. The molecule has 0 saturated heterocycles. The first-order chi connectivity index (χ1) is 11.1. The highest BCUT2D eigenvalue weighted by molar-refractivity contribution is 7.10. The van der Waals surface area contributed by atoms with E-state index in [4.69, 9.17) is 0 Å². The van der Waals surface area contributed by atoms with Gasteiger partial charge >= 0.3 is 0 Å². The quantitative estimate of drug-likeness (QED) is 0.779. The molecule has 118 valence electrons. The van der Waals surface area contributed by atoms with Gasteiger partial charge in [0.25, 0.3) is 5.91 Å². The van der Waals surface area contributed by atoms with E-state index in [2.05, 4.69) is 15.4 Å². The number of fused-ring (bicyclic) bond motifs is 3. The minimum Gasteiger partial charge on any atom is -0.345 e. The monoisotopic (exact) mass is 327 g/mol. The lowest BCUT2D eigenvalue weighted by atomic mass is 10.0. The van der Waals surface area contributed by atoms with Crippen molar-refractivity contribution < 1.29 is 4.79 Å². The summed E-state index contributed by atoms with van der Waals surface area (Å²) >= 11 is 1.60. The summed E-state index contributed by atoms with van der Waals surface area (Å²) in [5.41, 5.74) is 3.76. The molecule has 0 bridgehead atoms. The lowest BCUT2D eigenvalue weighted by Crippen LogP contribution is -2.31. The number of nitrogens with zero attached hydrogens (tertiary/aromatic N) is 4. The van der Waals surface area contributed by atoms with Gasteiger partial charge < -0.3 is 10.2 Å². The molecule has 1 aliphatic rings.